The van der Waals surface area contributed by atoms with Gasteiger partial charge >= 0.3 is 0 Å². The van der Waals surface area contributed by atoms with Crippen molar-refractivity contribution in [2.75, 3.05) is 0 Å². The summed E-state index contributed by atoms with van der Waals surface area (Å²) in [5, 5.41) is 1.19. The molecule has 0 aliphatic carbocycles. The summed E-state index contributed by atoms with van der Waals surface area (Å²) >= 11 is 0. The second-order valence-corrected chi connectivity index (χ2v) is 9.19. The average Bonchev–Trinajstić information content (AvgIpc) is 2.52. The summed E-state index contributed by atoms with van der Waals surface area (Å²) in [5.74, 6) is -0.208. The van der Waals surface area contributed by atoms with Gasteiger partial charge in [-0.05, 0) is 37.1 Å². The minimum Gasteiger partial charge on any atom is -0.292 e. The maximum Gasteiger partial charge on any atom is 0.184 e. The van der Waals surface area contributed by atoms with Gasteiger partial charge in [0.15, 0.2) is 15.6 Å². The lowest BCUT2D eigenvalue weighted by Crippen LogP contribution is -2.45. The van der Waals surface area contributed by atoms with Crippen molar-refractivity contribution in [2.45, 2.75) is 42.6 Å². The van der Waals surface area contributed by atoms with Crippen LogP contribution >= 0.6 is 0 Å². The lowest BCUT2D eigenvalue weighted by atomic mass is 9.85. The highest BCUT2D eigenvalue weighted by Crippen LogP contribution is 2.40. The number of nitrogens with zero attached hydrogens (tertiary/aromatic N) is 1. The predicted molar refractivity (Wildman–Crippen MR) is 89.1 cm³/mol. The fraction of sp³-hybridized carbons (Fsp3) is 0.444. The van der Waals surface area contributed by atoms with E-state index in [1.807, 2.05) is 30.3 Å². The number of carbonyl (C=O) groups excluding carboxylic acids is 1. The predicted octanol–water partition coefficient (Wildman–Crippen LogP) is 3.16. The van der Waals surface area contributed by atoms with Crippen LogP contribution in [0.2, 0.25) is 0 Å². The largest absolute Gasteiger partial charge is 0.292 e. The van der Waals surface area contributed by atoms with Gasteiger partial charge in [-0.3, -0.25) is 9.78 Å². The minimum absolute atomic E-state index is 0.00796. The standard InChI is InChI=1S/C18H19NO3S/c20-18(17-16-7-2-1-4-12(16)8-9-19-17)13-10-14-5-3-6-15(11-13)23(14,21)22/h1-2,4,7-9,13-15H,3,5-6,10-11H2. The molecule has 2 unspecified atom stereocenters. The molecule has 120 valence electrons. The Kier molecular flexibility index (Phi) is 3.48. The molecular weight excluding hydrogens is 310 g/mol. The van der Waals surface area contributed by atoms with Crippen LogP contribution in [-0.2, 0) is 9.84 Å². The Balaban J connectivity index is 1.70. The molecule has 4 rings (SSSR count). The summed E-state index contributed by atoms with van der Waals surface area (Å²) < 4.78 is 24.8. The molecule has 2 aliphatic rings. The monoisotopic (exact) mass is 329 g/mol. The minimum atomic E-state index is -3.03. The summed E-state index contributed by atoms with van der Waals surface area (Å²) in [6, 6.07) is 9.62. The highest BCUT2D eigenvalue weighted by atomic mass is 32.2. The van der Waals surface area contributed by atoms with E-state index in [9.17, 15) is 13.2 Å². The van der Waals surface area contributed by atoms with Crippen LogP contribution in [-0.4, -0.2) is 29.7 Å². The van der Waals surface area contributed by atoms with Gasteiger partial charge in [0.25, 0.3) is 0 Å². The van der Waals surface area contributed by atoms with Crippen molar-refractivity contribution in [1.29, 1.82) is 0 Å². The third-order valence-corrected chi connectivity index (χ3v) is 8.07. The van der Waals surface area contributed by atoms with Crippen molar-refractivity contribution in [3.05, 3.63) is 42.2 Å². The zero-order valence-electron chi connectivity index (χ0n) is 12.8. The highest BCUT2D eigenvalue weighted by Gasteiger charge is 2.46. The molecule has 0 spiro atoms. The molecule has 2 fully saturated rings. The molecule has 0 amide bonds. The zero-order chi connectivity index (χ0) is 16.0. The summed E-state index contributed by atoms with van der Waals surface area (Å²) in [6.45, 7) is 0. The second-order valence-electron chi connectivity index (χ2n) is 6.68. The normalized spacial score (nSPS) is 29.3. The first-order chi connectivity index (χ1) is 11.1. The Labute approximate surface area is 135 Å². The van der Waals surface area contributed by atoms with E-state index in [2.05, 4.69) is 4.98 Å². The van der Waals surface area contributed by atoms with E-state index in [1.165, 1.54) is 0 Å². The summed E-state index contributed by atoms with van der Waals surface area (Å²) in [4.78, 5) is 17.3. The second kappa shape index (κ2) is 5.41. The van der Waals surface area contributed by atoms with Crippen molar-refractivity contribution in [3.63, 3.8) is 0 Å². The van der Waals surface area contributed by atoms with E-state index < -0.39 is 9.84 Å². The third kappa shape index (κ3) is 2.38. The first kappa shape index (κ1) is 14.8. The first-order valence-corrected chi connectivity index (χ1v) is 9.79. The van der Waals surface area contributed by atoms with Gasteiger partial charge in [-0.15, -0.1) is 0 Å². The van der Waals surface area contributed by atoms with Crippen LogP contribution < -0.4 is 0 Å². The van der Waals surface area contributed by atoms with E-state index in [1.54, 1.807) is 6.20 Å². The molecule has 2 saturated heterocycles. The topological polar surface area (TPSA) is 64.1 Å². The van der Waals surface area contributed by atoms with Gasteiger partial charge in [0.2, 0.25) is 0 Å². The summed E-state index contributed by atoms with van der Waals surface area (Å²) in [7, 11) is -3.03. The van der Waals surface area contributed by atoms with Gasteiger partial charge in [0, 0.05) is 17.5 Å². The number of sulfone groups is 1. The third-order valence-electron chi connectivity index (χ3n) is 5.35. The molecule has 1 aromatic heterocycles. The number of fused-ring (bicyclic) bond motifs is 3. The smallest absolute Gasteiger partial charge is 0.184 e. The quantitative estimate of drug-likeness (QED) is 0.794. The molecule has 2 aromatic rings. The summed E-state index contributed by atoms with van der Waals surface area (Å²) in [5.41, 5.74) is 0.491. The van der Waals surface area contributed by atoms with Crippen LogP contribution in [0.1, 0.15) is 42.6 Å². The number of pyridine rings is 1. The van der Waals surface area contributed by atoms with Crippen LogP contribution in [0.3, 0.4) is 0 Å². The average molecular weight is 329 g/mol. The number of carbonyl (C=O) groups is 1. The van der Waals surface area contributed by atoms with Crippen molar-refractivity contribution in [2.24, 2.45) is 5.92 Å². The van der Waals surface area contributed by atoms with Crippen LogP contribution in [0, 0.1) is 5.92 Å². The van der Waals surface area contributed by atoms with Crippen molar-refractivity contribution in [1.82, 2.24) is 4.98 Å². The van der Waals surface area contributed by atoms with E-state index in [4.69, 9.17) is 0 Å². The molecule has 23 heavy (non-hydrogen) atoms. The molecule has 2 atom stereocenters. The lowest BCUT2D eigenvalue weighted by molar-refractivity contribution is 0.0890. The number of ketones is 1. The molecule has 2 aliphatic heterocycles. The number of rotatable bonds is 2. The Morgan fingerprint density at radius 3 is 2.48 bits per heavy atom. The van der Waals surface area contributed by atoms with Crippen LogP contribution in [0.5, 0.6) is 0 Å². The van der Waals surface area contributed by atoms with Gasteiger partial charge in [-0.2, -0.15) is 0 Å². The first-order valence-electron chi connectivity index (χ1n) is 8.18. The van der Waals surface area contributed by atoms with Crippen LogP contribution in [0.25, 0.3) is 10.8 Å². The van der Waals surface area contributed by atoms with Crippen molar-refractivity contribution < 1.29 is 13.2 Å². The van der Waals surface area contributed by atoms with E-state index in [0.717, 1.165) is 17.2 Å². The fourth-order valence-corrected chi connectivity index (χ4v) is 6.67. The Morgan fingerprint density at radius 1 is 1.04 bits per heavy atom. The number of Topliss-reactive ketones (excluding diaryl/α,β-unsaturated/α-hetero) is 1. The Hall–Kier alpha value is -1.75. The van der Waals surface area contributed by atoms with Crippen molar-refractivity contribution >= 4 is 26.4 Å². The molecule has 4 nitrogen and oxygen atoms in total. The zero-order valence-corrected chi connectivity index (χ0v) is 13.6. The molecule has 2 bridgehead atoms. The molecule has 5 heteroatoms. The number of hydrogen-bond acceptors (Lipinski definition) is 4. The molecule has 1 aromatic carbocycles. The molecule has 3 heterocycles. The number of benzene rings is 1. The van der Waals surface area contributed by atoms with Gasteiger partial charge in [0.1, 0.15) is 5.69 Å². The van der Waals surface area contributed by atoms with Gasteiger partial charge < -0.3 is 0 Å². The number of hydrogen-bond donors (Lipinski definition) is 0. The number of aromatic nitrogens is 1. The van der Waals surface area contributed by atoms with Gasteiger partial charge in [0.05, 0.1) is 10.5 Å². The lowest BCUT2D eigenvalue weighted by Gasteiger charge is -2.38. The molecule has 0 radical (unpaired) electrons. The van der Waals surface area contributed by atoms with Crippen molar-refractivity contribution in [3.8, 4) is 0 Å². The van der Waals surface area contributed by atoms with E-state index in [-0.39, 0.29) is 22.2 Å². The summed E-state index contributed by atoms with van der Waals surface area (Å²) in [6.07, 6.45) is 4.94. The SMILES string of the molecule is O=C(c1nccc2ccccc12)C1CC2CCCC(C1)S2(=O)=O. The maximum atomic E-state index is 13.0. The molecular formula is C18H19NO3S. The van der Waals surface area contributed by atoms with Gasteiger partial charge in [-0.1, -0.05) is 30.7 Å². The van der Waals surface area contributed by atoms with Gasteiger partial charge in [-0.25, -0.2) is 8.42 Å². The fourth-order valence-electron chi connectivity index (χ4n) is 4.13. The Bertz CT molecular complexity index is 849. The van der Waals surface area contributed by atoms with Crippen LogP contribution in [0.4, 0.5) is 0 Å². The van der Waals surface area contributed by atoms with E-state index in [0.29, 0.717) is 31.4 Å². The van der Waals surface area contributed by atoms with E-state index >= 15 is 0 Å². The highest BCUT2D eigenvalue weighted by molar-refractivity contribution is 7.92. The molecule has 0 saturated carbocycles. The molecule has 0 N–H and O–H groups in total. The Morgan fingerprint density at radius 2 is 1.74 bits per heavy atom. The van der Waals surface area contributed by atoms with Crippen LogP contribution in [0.15, 0.2) is 36.5 Å². The maximum absolute atomic E-state index is 13.0.